The number of hydrogen-bond acceptors (Lipinski definition) is 2. The van der Waals surface area contributed by atoms with Gasteiger partial charge in [-0.15, -0.1) is 0 Å². The van der Waals surface area contributed by atoms with E-state index in [1.54, 1.807) is 0 Å². The Balaban J connectivity index is 3.55. The van der Waals surface area contributed by atoms with Crippen LogP contribution in [0.5, 0.6) is 0 Å². The molecule has 0 radical (unpaired) electrons. The van der Waals surface area contributed by atoms with Crippen molar-refractivity contribution in [1.29, 1.82) is 0 Å². The number of ether oxygens (including phenoxy) is 1. The topological polar surface area (TPSA) is 38.3 Å². The largest absolute Gasteiger partial charge is 0.453 e. The van der Waals surface area contributed by atoms with Gasteiger partial charge in [-0.2, -0.15) is 0 Å². The number of unbranched alkanes of at least 4 members (excludes halogenated alkanes) is 4. The van der Waals surface area contributed by atoms with E-state index in [2.05, 4.69) is 23.9 Å². The first kappa shape index (κ1) is 18.3. The summed E-state index contributed by atoms with van der Waals surface area (Å²) in [6, 6.07) is 0. The molecule has 3 heteroatoms. The van der Waals surface area contributed by atoms with E-state index in [9.17, 15) is 4.79 Å². The van der Waals surface area contributed by atoms with Crippen molar-refractivity contribution in [2.24, 2.45) is 5.92 Å². The molecule has 0 aromatic rings. The molecule has 0 saturated heterocycles. The molecule has 0 rings (SSSR count). The molecule has 1 N–H and O–H groups in total. The molecular formula is C16H33NO2. The fourth-order valence-electron chi connectivity index (χ4n) is 2.52. The molecule has 3 nitrogen and oxygen atoms in total. The van der Waals surface area contributed by atoms with Gasteiger partial charge >= 0.3 is 6.09 Å². The maximum absolute atomic E-state index is 10.9. The number of carbonyl (C=O) groups excluding carboxylic acids is 1. The molecule has 0 aromatic carbocycles. The van der Waals surface area contributed by atoms with Crippen LogP contribution in [0, 0.1) is 5.92 Å². The molecule has 0 aliphatic rings. The Morgan fingerprint density at radius 3 is 2.21 bits per heavy atom. The highest BCUT2D eigenvalue weighted by Crippen LogP contribution is 2.21. The molecule has 0 aliphatic heterocycles. The van der Waals surface area contributed by atoms with Crippen molar-refractivity contribution in [3.8, 4) is 0 Å². The minimum absolute atomic E-state index is 0.315. The Labute approximate surface area is 119 Å². The van der Waals surface area contributed by atoms with Crippen molar-refractivity contribution in [2.45, 2.75) is 78.1 Å². The second kappa shape index (κ2) is 13.7. The number of nitrogens with one attached hydrogen (secondary N) is 1. The van der Waals surface area contributed by atoms with E-state index < -0.39 is 0 Å². The smallest absolute Gasteiger partial charge is 0.406 e. The third-order valence-corrected chi connectivity index (χ3v) is 3.66. The average Bonchev–Trinajstić information content (AvgIpc) is 2.42. The Bertz CT molecular complexity index is 207. The Kier molecular flexibility index (Phi) is 13.2. The van der Waals surface area contributed by atoms with Gasteiger partial charge in [-0.25, -0.2) is 4.79 Å². The zero-order valence-corrected chi connectivity index (χ0v) is 13.2. The van der Waals surface area contributed by atoms with Crippen LogP contribution in [0.1, 0.15) is 78.1 Å². The minimum atomic E-state index is -0.315. The summed E-state index contributed by atoms with van der Waals surface area (Å²) in [6.07, 6.45) is 12.8. The highest BCUT2D eigenvalue weighted by atomic mass is 16.5. The second-order valence-corrected chi connectivity index (χ2v) is 5.42. The molecule has 0 spiro atoms. The van der Waals surface area contributed by atoms with Gasteiger partial charge in [0.25, 0.3) is 0 Å². The molecule has 1 amide bonds. The summed E-state index contributed by atoms with van der Waals surface area (Å²) in [5.74, 6) is 0.889. The molecule has 19 heavy (non-hydrogen) atoms. The van der Waals surface area contributed by atoms with Crippen molar-refractivity contribution in [1.82, 2.24) is 5.32 Å². The summed E-state index contributed by atoms with van der Waals surface area (Å²) in [5, 5.41) is 2.74. The first-order valence-electron chi connectivity index (χ1n) is 8.06. The quantitative estimate of drug-likeness (QED) is 0.513. The van der Waals surface area contributed by atoms with E-state index >= 15 is 0 Å². The SMILES string of the molecule is CCCCCCC(CCC)CCCCNC(=O)OC. The van der Waals surface area contributed by atoms with E-state index in [4.69, 9.17) is 0 Å². The fraction of sp³-hybridized carbons (Fsp3) is 0.938. The normalized spacial score (nSPS) is 12.2. The molecule has 0 fully saturated rings. The molecule has 0 aromatic heterocycles. The zero-order valence-electron chi connectivity index (χ0n) is 13.2. The van der Waals surface area contributed by atoms with Crippen LogP contribution < -0.4 is 5.32 Å². The van der Waals surface area contributed by atoms with Gasteiger partial charge in [-0.05, 0) is 12.3 Å². The van der Waals surface area contributed by atoms with Crippen molar-refractivity contribution in [3.05, 3.63) is 0 Å². The van der Waals surface area contributed by atoms with E-state index in [-0.39, 0.29) is 6.09 Å². The van der Waals surface area contributed by atoms with Crippen LogP contribution in [-0.4, -0.2) is 19.7 Å². The number of hydrogen-bond donors (Lipinski definition) is 1. The molecule has 0 heterocycles. The van der Waals surface area contributed by atoms with Gasteiger partial charge < -0.3 is 10.1 Å². The standard InChI is InChI=1S/C16H33NO2/c1-4-6-7-8-12-15(11-5-2)13-9-10-14-17-16(18)19-3/h15H,4-14H2,1-3H3,(H,17,18). The Morgan fingerprint density at radius 2 is 1.63 bits per heavy atom. The maximum atomic E-state index is 10.9. The number of amides is 1. The number of alkyl carbamates (subject to hydrolysis) is 1. The third-order valence-electron chi connectivity index (χ3n) is 3.66. The lowest BCUT2D eigenvalue weighted by atomic mass is 9.91. The summed E-state index contributed by atoms with van der Waals surface area (Å²) in [7, 11) is 1.41. The lowest BCUT2D eigenvalue weighted by Crippen LogP contribution is -2.24. The van der Waals surface area contributed by atoms with Crippen molar-refractivity contribution in [3.63, 3.8) is 0 Å². The number of rotatable bonds is 12. The molecule has 1 atom stereocenters. The molecule has 0 bridgehead atoms. The van der Waals surface area contributed by atoms with Crippen LogP contribution in [0.3, 0.4) is 0 Å². The summed E-state index contributed by atoms with van der Waals surface area (Å²) < 4.78 is 4.54. The lowest BCUT2D eigenvalue weighted by molar-refractivity contribution is 0.171. The van der Waals surface area contributed by atoms with Crippen molar-refractivity contribution >= 4 is 6.09 Å². The third kappa shape index (κ3) is 12.1. The van der Waals surface area contributed by atoms with Crippen LogP contribution in [0.2, 0.25) is 0 Å². The maximum Gasteiger partial charge on any atom is 0.406 e. The van der Waals surface area contributed by atoms with E-state index in [0.29, 0.717) is 0 Å². The first-order chi connectivity index (χ1) is 9.24. The van der Waals surface area contributed by atoms with Gasteiger partial charge in [-0.1, -0.05) is 71.6 Å². The molecule has 1 unspecified atom stereocenters. The predicted molar refractivity (Wildman–Crippen MR) is 81.4 cm³/mol. The van der Waals surface area contributed by atoms with Crippen LogP contribution in [0.25, 0.3) is 0 Å². The van der Waals surface area contributed by atoms with E-state index in [1.165, 1.54) is 64.9 Å². The molecular weight excluding hydrogens is 238 g/mol. The summed E-state index contributed by atoms with van der Waals surface area (Å²) in [4.78, 5) is 10.9. The van der Waals surface area contributed by atoms with Gasteiger partial charge in [-0.3, -0.25) is 0 Å². The number of methoxy groups -OCH3 is 1. The van der Waals surface area contributed by atoms with Crippen molar-refractivity contribution < 1.29 is 9.53 Å². The molecule has 0 aliphatic carbocycles. The van der Waals surface area contributed by atoms with Gasteiger partial charge in [0.05, 0.1) is 7.11 Å². The van der Waals surface area contributed by atoms with Crippen LogP contribution in [0.4, 0.5) is 4.79 Å². The summed E-state index contributed by atoms with van der Waals surface area (Å²) >= 11 is 0. The van der Waals surface area contributed by atoms with Crippen LogP contribution in [-0.2, 0) is 4.74 Å². The van der Waals surface area contributed by atoms with Crippen LogP contribution in [0.15, 0.2) is 0 Å². The zero-order chi connectivity index (χ0) is 14.3. The molecule has 0 saturated carbocycles. The summed E-state index contributed by atoms with van der Waals surface area (Å²) in [5.41, 5.74) is 0. The second-order valence-electron chi connectivity index (χ2n) is 5.42. The highest BCUT2D eigenvalue weighted by Gasteiger charge is 2.07. The fourth-order valence-corrected chi connectivity index (χ4v) is 2.52. The van der Waals surface area contributed by atoms with E-state index in [1.807, 2.05) is 0 Å². The lowest BCUT2D eigenvalue weighted by Gasteiger charge is -2.16. The Morgan fingerprint density at radius 1 is 0.947 bits per heavy atom. The van der Waals surface area contributed by atoms with E-state index in [0.717, 1.165) is 18.9 Å². The van der Waals surface area contributed by atoms with Crippen LogP contribution >= 0.6 is 0 Å². The van der Waals surface area contributed by atoms with Gasteiger partial charge in [0.15, 0.2) is 0 Å². The van der Waals surface area contributed by atoms with Crippen molar-refractivity contribution in [2.75, 3.05) is 13.7 Å². The summed E-state index contributed by atoms with van der Waals surface area (Å²) in [6.45, 7) is 5.27. The number of carbonyl (C=O) groups is 1. The van der Waals surface area contributed by atoms with Gasteiger partial charge in [0, 0.05) is 6.54 Å². The molecule has 114 valence electrons. The Hall–Kier alpha value is -0.730. The average molecular weight is 271 g/mol. The highest BCUT2D eigenvalue weighted by molar-refractivity contribution is 5.66. The minimum Gasteiger partial charge on any atom is -0.453 e. The predicted octanol–water partition coefficient (Wildman–Crippen LogP) is 4.90. The van der Waals surface area contributed by atoms with Gasteiger partial charge in [0.1, 0.15) is 0 Å². The monoisotopic (exact) mass is 271 g/mol. The first-order valence-corrected chi connectivity index (χ1v) is 8.06. The van der Waals surface area contributed by atoms with Gasteiger partial charge in [0.2, 0.25) is 0 Å².